The Morgan fingerprint density at radius 1 is 1.17 bits per heavy atom. The summed E-state index contributed by atoms with van der Waals surface area (Å²) in [6.07, 6.45) is 0.368. The number of carbonyl (C=O) groups excluding carboxylic acids is 2. The molecule has 1 amide bonds. The van der Waals surface area contributed by atoms with E-state index in [0.717, 1.165) is 0 Å². The molecule has 0 aliphatic carbocycles. The van der Waals surface area contributed by atoms with Crippen molar-refractivity contribution in [1.29, 1.82) is 0 Å². The maximum absolute atomic E-state index is 13.1. The summed E-state index contributed by atoms with van der Waals surface area (Å²) >= 11 is 0. The van der Waals surface area contributed by atoms with Crippen LogP contribution in [0.25, 0.3) is 0 Å². The zero-order chi connectivity index (χ0) is 16.2. The van der Waals surface area contributed by atoms with Crippen LogP contribution in [-0.4, -0.2) is 23.3 Å². The highest BCUT2D eigenvalue weighted by atomic mass is 19.1. The Bertz CT molecular complexity index is 817. The molecule has 4 rings (SSSR count). The molecule has 2 unspecified atom stereocenters. The summed E-state index contributed by atoms with van der Waals surface area (Å²) in [5.74, 6) is -2.08. The van der Waals surface area contributed by atoms with E-state index in [1.807, 2.05) is 0 Å². The van der Waals surface area contributed by atoms with Gasteiger partial charge in [-0.15, -0.1) is 0 Å². The Hall–Kier alpha value is -2.53. The van der Waals surface area contributed by atoms with Gasteiger partial charge in [-0.3, -0.25) is 9.59 Å². The van der Waals surface area contributed by atoms with Crippen molar-refractivity contribution < 1.29 is 19.1 Å². The standard InChI is InChI=1S/C18H14FNO3/c19-12-7-5-11(6-8-12)16(21)14-9-10-20-15-4-2-1-3-13(15)18(14,23)17(20)22/h1-8,14,23H,9-10H2. The van der Waals surface area contributed by atoms with E-state index in [4.69, 9.17) is 0 Å². The molecule has 2 aromatic rings. The first kappa shape index (κ1) is 14.1. The largest absolute Gasteiger partial charge is 0.375 e. The van der Waals surface area contributed by atoms with Gasteiger partial charge < -0.3 is 10.0 Å². The number of anilines is 1. The lowest BCUT2D eigenvalue weighted by atomic mass is 9.75. The minimum Gasteiger partial charge on any atom is -0.375 e. The fraction of sp³-hybridized carbons (Fsp3) is 0.222. The number of para-hydroxylation sites is 1. The van der Waals surface area contributed by atoms with Crippen LogP contribution < -0.4 is 4.90 Å². The third-order valence-electron chi connectivity index (χ3n) is 4.77. The second-order valence-electron chi connectivity index (χ2n) is 5.95. The minimum atomic E-state index is -1.83. The molecule has 5 heteroatoms. The average Bonchev–Trinajstić information content (AvgIpc) is 2.70. The molecule has 2 aliphatic rings. The fourth-order valence-corrected chi connectivity index (χ4v) is 3.62. The highest BCUT2D eigenvalue weighted by Crippen LogP contribution is 2.49. The predicted octanol–water partition coefficient (Wildman–Crippen LogP) is 2.26. The Morgan fingerprint density at radius 3 is 2.61 bits per heavy atom. The van der Waals surface area contributed by atoms with Gasteiger partial charge in [0.1, 0.15) is 5.82 Å². The highest BCUT2D eigenvalue weighted by molar-refractivity contribution is 6.12. The number of amides is 1. The summed E-state index contributed by atoms with van der Waals surface area (Å²) < 4.78 is 13.1. The summed E-state index contributed by atoms with van der Waals surface area (Å²) in [7, 11) is 0. The number of rotatable bonds is 2. The summed E-state index contributed by atoms with van der Waals surface area (Å²) in [5.41, 5.74) is -0.395. The SMILES string of the molecule is O=C(c1ccc(F)cc1)C1CCN2C(=O)C1(O)c1ccccc12. The van der Waals surface area contributed by atoms with Crippen molar-refractivity contribution in [3.05, 3.63) is 65.5 Å². The molecule has 2 heterocycles. The Labute approximate surface area is 132 Å². The summed E-state index contributed by atoms with van der Waals surface area (Å²) in [6.45, 7) is 0.385. The average molecular weight is 311 g/mol. The molecule has 1 N–H and O–H groups in total. The van der Waals surface area contributed by atoms with Crippen LogP contribution in [0.15, 0.2) is 48.5 Å². The molecule has 1 fully saturated rings. The summed E-state index contributed by atoms with van der Waals surface area (Å²) in [4.78, 5) is 27.0. The van der Waals surface area contributed by atoms with E-state index in [2.05, 4.69) is 0 Å². The first-order chi connectivity index (χ1) is 11.0. The zero-order valence-electron chi connectivity index (χ0n) is 12.2. The predicted molar refractivity (Wildman–Crippen MR) is 81.5 cm³/mol. The normalized spacial score (nSPS) is 25.4. The van der Waals surface area contributed by atoms with E-state index >= 15 is 0 Å². The van der Waals surface area contributed by atoms with E-state index in [0.29, 0.717) is 29.8 Å². The Morgan fingerprint density at radius 2 is 1.87 bits per heavy atom. The molecule has 2 atom stereocenters. The van der Waals surface area contributed by atoms with E-state index in [1.165, 1.54) is 29.2 Å². The zero-order valence-corrected chi connectivity index (χ0v) is 12.2. The number of aliphatic hydroxyl groups is 1. The van der Waals surface area contributed by atoms with Crippen molar-refractivity contribution in [1.82, 2.24) is 0 Å². The lowest BCUT2D eigenvalue weighted by molar-refractivity contribution is -0.143. The third-order valence-corrected chi connectivity index (χ3v) is 4.77. The first-order valence-corrected chi connectivity index (χ1v) is 7.47. The molecule has 0 radical (unpaired) electrons. The number of fused-ring (bicyclic) bond motifs is 5. The van der Waals surface area contributed by atoms with Gasteiger partial charge in [-0.1, -0.05) is 18.2 Å². The van der Waals surface area contributed by atoms with Crippen molar-refractivity contribution >= 4 is 17.4 Å². The highest BCUT2D eigenvalue weighted by Gasteiger charge is 2.59. The molecule has 2 aliphatic heterocycles. The van der Waals surface area contributed by atoms with Crippen LogP contribution in [-0.2, 0) is 10.4 Å². The minimum absolute atomic E-state index is 0.301. The number of nitrogens with zero attached hydrogens (tertiary/aromatic N) is 1. The molecular weight excluding hydrogens is 297 g/mol. The number of ketones is 1. The molecule has 2 aromatic carbocycles. The molecule has 0 spiro atoms. The van der Waals surface area contributed by atoms with Crippen molar-refractivity contribution in [2.45, 2.75) is 12.0 Å². The number of Topliss-reactive ketones (excluding diaryl/α,β-unsaturated/α-hetero) is 1. The van der Waals surface area contributed by atoms with Gasteiger partial charge in [0.05, 0.1) is 11.6 Å². The monoisotopic (exact) mass is 311 g/mol. The van der Waals surface area contributed by atoms with Crippen LogP contribution in [0.3, 0.4) is 0 Å². The van der Waals surface area contributed by atoms with Gasteiger partial charge in [0, 0.05) is 17.7 Å². The van der Waals surface area contributed by atoms with Crippen molar-refractivity contribution in [2.75, 3.05) is 11.4 Å². The smallest absolute Gasteiger partial charge is 0.264 e. The molecule has 0 aromatic heterocycles. The lowest BCUT2D eigenvalue weighted by Gasteiger charge is -2.35. The quantitative estimate of drug-likeness (QED) is 0.866. The lowest BCUT2D eigenvalue weighted by Crippen LogP contribution is -2.53. The van der Waals surface area contributed by atoms with Crippen molar-refractivity contribution in [3.8, 4) is 0 Å². The van der Waals surface area contributed by atoms with Crippen molar-refractivity contribution in [2.24, 2.45) is 5.92 Å². The van der Waals surface area contributed by atoms with Gasteiger partial charge in [0.15, 0.2) is 11.4 Å². The second-order valence-corrected chi connectivity index (χ2v) is 5.95. The Kier molecular flexibility index (Phi) is 2.90. The molecule has 4 nitrogen and oxygen atoms in total. The van der Waals surface area contributed by atoms with Crippen molar-refractivity contribution in [3.63, 3.8) is 0 Å². The fourth-order valence-electron chi connectivity index (χ4n) is 3.62. The topological polar surface area (TPSA) is 57.6 Å². The number of carbonyl (C=O) groups is 2. The van der Waals surface area contributed by atoms with Gasteiger partial charge >= 0.3 is 0 Å². The number of hydrogen-bond donors (Lipinski definition) is 1. The first-order valence-electron chi connectivity index (χ1n) is 7.47. The van der Waals surface area contributed by atoms with Crippen LogP contribution in [0, 0.1) is 11.7 Å². The summed E-state index contributed by atoms with van der Waals surface area (Å²) in [5, 5.41) is 11.1. The number of halogens is 1. The van der Waals surface area contributed by atoms with Crippen LogP contribution in [0.2, 0.25) is 0 Å². The second kappa shape index (κ2) is 4.73. The molecular formula is C18H14FNO3. The third kappa shape index (κ3) is 1.80. The number of piperidine rings is 1. The van der Waals surface area contributed by atoms with Gasteiger partial charge in [-0.2, -0.15) is 0 Å². The number of benzene rings is 2. The van der Waals surface area contributed by atoms with Crippen LogP contribution in [0.4, 0.5) is 10.1 Å². The molecule has 23 heavy (non-hydrogen) atoms. The van der Waals surface area contributed by atoms with E-state index < -0.39 is 23.2 Å². The van der Waals surface area contributed by atoms with Crippen LogP contribution in [0.5, 0.6) is 0 Å². The molecule has 0 saturated carbocycles. The maximum Gasteiger partial charge on any atom is 0.264 e. The molecule has 2 bridgehead atoms. The van der Waals surface area contributed by atoms with Crippen LogP contribution >= 0.6 is 0 Å². The van der Waals surface area contributed by atoms with Crippen LogP contribution in [0.1, 0.15) is 22.3 Å². The molecule has 116 valence electrons. The van der Waals surface area contributed by atoms with E-state index in [9.17, 15) is 19.1 Å². The molecule has 1 saturated heterocycles. The van der Waals surface area contributed by atoms with Gasteiger partial charge in [0.25, 0.3) is 5.91 Å². The van der Waals surface area contributed by atoms with Gasteiger partial charge in [-0.25, -0.2) is 4.39 Å². The Balaban J connectivity index is 1.80. The van der Waals surface area contributed by atoms with E-state index in [-0.39, 0.29) is 5.78 Å². The number of hydrogen-bond acceptors (Lipinski definition) is 3. The van der Waals surface area contributed by atoms with E-state index in [1.54, 1.807) is 24.3 Å². The van der Waals surface area contributed by atoms with Gasteiger partial charge in [0.2, 0.25) is 0 Å². The maximum atomic E-state index is 13.1. The summed E-state index contributed by atoms with van der Waals surface area (Å²) in [6, 6.07) is 12.2. The van der Waals surface area contributed by atoms with Gasteiger partial charge in [-0.05, 0) is 36.8 Å².